The molecule has 0 aliphatic heterocycles. The Morgan fingerprint density at radius 1 is 0.542 bits per heavy atom. The molecule has 0 saturated heterocycles. The molecule has 0 aliphatic rings. The molecule has 0 unspecified atom stereocenters. The Bertz CT molecular complexity index is 230. The standard InChI is InChI=1S/C19H42N.BrO3/c1-5-6-7-8-9-10-11-12-13-14-15-16-17-18-19-20(2,3)4;2-1(3)4/h5-19H2,1-4H3;/q+1;-1. The average Bonchev–Trinajstić information content (AvgIpc) is 2.46. The Labute approximate surface area is 156 Å². The lowest BCUT2D eigenvalue weighted by molar-refractivity contribution is -1.73. The van der Waals surface area contributed by atoms with Crippen molar-refractivity contribution in [1.29, 1.82) is 0 Å². The largest absolute Gasteiger partial charge is 0.405 e. The Morgan fingerprint density at radius 3 is 1.04 bits per heavy atom. The van der Waals surface area contributed by atoms with E-state index in [1.54, 1.807) is 0 Å². The summed E-state index contributed by atoms with van der Waals surface area (Å²) in [5, 5.41) is 0. The first-order valence-corrected chi connectivity index (χ1v) is 11.8. The smallest absolute Gasteiger partial charge is 0.216 e. The van der Waals surface area contributed by atoms with Crippen LogP contribution in [0, 0.1) is 14.8 Å². The van der Waals surface area contributed by atoms with E-state index in [0.717, 1.165) is 4.48 Å². The highest BCUT2D eigenvalue weighted by molar-refractivity contribution is 4.49. The fourth-order valence-electron chi connectivity index (χ4n) is 2.78. The first kappa shape index (κ1) is 26.5. The minimum absolute atomic E-state index is 1.12. The predicted molar refractivity (Wildman–Crippen MR) is 93.2 cm³/mol. The lowest BCUT2D eigenvalue weighted by Crippen LogP contribution is -2.42. The molecule has 0 atom stereocenters. The molecule has 24 heavy (non-hydrogen) atoms. The molecule has 0 aromatic rings. The van der Waals surface area contributed by atoms with Crippen LogP contribution in [0.4, 0.5) is 0 Å². The number of quaternary nitrogens is 1. The van der Waals surface area contributed by atoms with Gasteiger partial charge < -0.3 is 17.1 Å². The summed E-state index contributed by atoms with van der Waals surface area (Å²) in [7, 11) is 6.88. The molecular weight excluding hydrogens is 370 g/mol. The molecule has 148 valence electrons. The molecular formula is C19H42BrNO3. The third-order valence-corrected chi connectivity index (χ3v) is 4.18. The molecule has 0 radical (unpaired) electrons. The van der Waals surface area contributed by atoms with E-state index < -0.39 is 14.8 Å². The maximum absolute atomic E-state index is 8.52. The van der Waals surface area contributed by atoms with E-state index in [-0.39, 0.29) is 0 Å². The van der Waals surface area contributed by atoms with Gasteiger partial charge >= 0.3 is 0 Å². The quantitative estimate of drug-likeness (QED) is 0.307. The summed E-state index contributed by atoms with van der Waals surface area (Å²) >= 11 is -3.65. The van der Waals surface area contributed by atoms with Gasteiger partial charge in [0.05, 0.1) is 27.7 Å². The summed E-state index contributed by atoms with van der Waals surface area (Å²) in [5.41, 5.74) is 0. The van der Waals surface area contributed by atoms with Crippen LogP contribution in [0.3, 0.4) is 0 Å². The summed E-state index contributed by atoms with van der Waals surface area (Å²) in [4.78, 5) is 0. The van der Waals surface area contributed by atoms with Crippen molar-refractivity contribution in [1.82, 2.24) is 0 Å². The Kier molecular flexibility index (Phi) is 21.7. The van der Waals surface area contributed by atoms with Gasteiger partial charge in [-0.15, -0.1) is 0 Å². The summed E-state index contributed by atoms with van der Waals surface area (Å²) in [5.74, 6) is 0. The van der Waals surface area contributed by atoms with E-state index in [4.69, 9.17) is 12.6 Å². The molecule has 0 amide bonds. The second-order valence-electron chi connectivity index (χ2n) is 7.80. The first-order valence-electron chi connectivity index (χ1n) is 9.83. The van der Waals surface area contributed by atoms with Crippen molar-refractivity contribution in [2.75, 3.05) is 27.7 Å². The number of rotatable bonds is 15. The summed E-state index contributed by atoms with van der Waals surface area (Å²) in [6.07, 6.45) is 20.4. The lowest BCUT2D eigenvalue weighted by atomic mass is 10.0. The van der Waals surface area contributed by atoms with Gasteiger partial charge in [-0.25, -0.2) is 0 Å². The zero-order valence-corrected chi connectivity index (χ0v) is 18.2. The number of halogens is 1. The number of unbranched alkanes of at least 4 members (excludes halogenated alkanes) is 13. The predicted octanol–water partition coefficient (Wildman–Crippen LogP) is 2.61. The molecule has 0 fully saturated rings. The van der Waals surface area contributed by atoms with E-state index in [2.05, 4.69) is 28.1 Å². The zero-order chi connectivity index (χ0) is 18.7. The summed E-state index contributed by atoms with van der Waals surface area (Å²) in [6.45, 7) is 3.63. The van der Waals surface area contributed by atoms with Gasteiger partial charge in [-0.3, -0.25) is 0 Å². The van der Waals surface area contributed by atoms with Crippen LogP contribution in [0.1, 0.15) is 96.8 Å². The van der Waals surface area contributed by atoms with Gasteiger partial charge in [-0.1, -0.05) is 84.0 Å². The number of hydrogen-bond donors (Lipinski definition) is 0. The second kappa shape index (κ2) is 19.6. The molecule has 0 rings (SSSR count). The van der Waals surface area contributed by atoms with Gasteiger partial charge in [0.15, 0.2) is 0 Å². The minimum Gasteiger partial charge on any atom is -0.405 e. The fourth-order valence-corrected chi connectivity index (χ4v) is 2.78. The molecule has 0 aromatic carbocycles. The van der Waals surface area contributed by atoms with E-state index >= 15 is 0 Å². The van der Waals surface area contributed by atoms with E-state index in [9.17, 15) is 0 Å². The summed E-state index contributed by atoms with van der Waals surface area (Å²) in [6, 6.07) is 0. The third kappa shape index (κ3) is 33.8. The van der Waals surface area contributed by atoms with Gasteiger partial charge in [-0.05, 0) is 12.8 Å². The van der Waals surface area contributed by atoms with Crippen LogP contribution in [-0.2, 0) is 0 Å². The highest BCUT2D eigenvalue weighted by Gasteiger charge is 2.04. The molecule has 0 spiro atoms. The normalized spacial score (nSPS) is 11.5. The summed E-state index contributed by atoms with van der Waals surface area (Å²) < 4.78 is 26.7. The zero-order valence-electron chi connectivity index (χ0n) is 16.7. The maximum atomic E-state index is 8.52. The van der Waals surface area contributed by atoms with Crippen LogP contribution in [-0.4, -0.2) is 32.2 Å². The monoisotopic (exact) mass is 411 g/mol. The van der Waals surface area contributed by atoms with Crippen LogP contribution >= 0.6 is 0 Å². The molecule has 0 N–H and O–H groups in total. The highest BCUT2D eigenvalue weighted by Crippen LogP contribution is 2.13. The van der Waals surface area contributed by atoms with Crippen molar-refractivity contribution >= 4 is 0 Å². The third-order valence-electron chi connectivity index (χ3n) is 4.18. The molecule has 0 saturated carbocycles. The van der Waals surface area contributed by atoms with Crippen LogP contribution < -0.4 is 12.6 Å². The van der Waals surface area contributed by atoms with Gasteiger partial charge in [0.2, 0.25) is 14.8 Å². The van der Waals surface area contributed by atoms with E-state index in [1.807, 2.05) is 0 Å². The Morgan fingerprint density at radius 2 is 0.792 bits per heavy atom. The van der Waals surface area contributed by atoms with Crippen LogP contribution in [0.15, 0.2) is 0 Å². The molecule has 0 bridgehead atoms. The van der Waals surface area contributed by atoms with Crippen molar-refractivity contribution in [2.45, 2.75) is 96.8 Å². The minimum atomic E-state index is -3.65. The van der Waals surface area contributed by atoms with Crippen molar-refractivity contribution in [2.24, 2.45) is 0 Å². The number of nitrogens with zero attached hydrogens (tertiary/aromatic N) is 1. The van der Waals surface area contributed by atoms with Gasteiger partial charge in [0.25, 0.3) is 0 Å². The van der Waals surface area contributed by atoms with Crippen LogP contribution in [0.25, 0.3) is 0 Å². The van der Waals surface area contributed by atoms with Crippen LogP contribution in [0.5, 0.6) is 0 Å². The van der Waals surface area contributed by atoms with E-state index in [0.29, 0.717) is 0 Å². The van der Waals surface area contributed by atoms with Gasteiger partial charge in [0.1, 0.15) is 0 Å². The molecule has 4 nitrogen and oxygen atoms in total. The van der Waals surface area contributed by atoms with Crippen molar-refractivity contribution in [3.05, 3.63) is 0 Å². The van der Waals surface area contributed by atoms with Crippen molar-refractivity contribution in [3.8, 4) is 0 Å². The van der Waals surface area contributed by atoms with Crippen molar-refractivity contribution in [3.63, 3.8) is 0 Å². The molecule has 0 aromatic heterocycles. The highest BCUT2D eigenvalue weighted by atomic mass is 80.0. The molecule has 0 aliphatic carbocycles. The fraction of sp³-hybridized carbons (Fsp3) is 1.00. The van der Waals surface area contributed by atoms with E-state index in [1.165, 1.54) is 96.4 Å². The number of hydrogen-bond acceptors (Lipinski definition) is 3. The second-order valence-corrected chi connectivity index (χ2v) is 8.59. The first-order chi connectivity index (χ1) is 11.3. The molecule has 0 heterocycles. The van der Waals surface area contributed by atoms with Crippen LogP contribution in [0.2, 0.25) is 0 Å². The Balaban J connectivity index is 0. The molecule has 5 heteroatoms. The SMILES string of the molecule is CCCCCCCCCCCCCCCC[N+](C)(C)C.[O-][Br+2]([O-])[O-]. The topological polar surface area (TPSA) is 69.2 Å². The maximum Gasteiger partial charge on any atom is 0.216 e. The van der Waals surface area contributed by atoms with Gasteiger partial charge in [0, 0.05) is 0 Å². The van der Waals surface area contributed by atoms with Crippen molar-refractivity contribution < 1.29 is 31.9 Å². The van der Waals surface area contributed by atoms with Gasteiger partial charge in [-0.2, -0.15) is 0 Å². The Hall–Kier alpha value is 0.320. The lowest BCUT2D eigenvalue weighted by Gasteiger charge is -2.23. The average molecular weight is 412 g/mol.